The van der Waals surface area contributed by atoms with Crippen molar-refractivity contribution in [1.82, 2.24) is 5.43 Å². The zero-order valence-electron chi connectivity index (χ0n) is 14.5. The minimum absolute atomic E-state index is 0.104. The topological polar surface area (TPSA) is 59.9 Å². The minimum atomic E-state index is -0.309. The Labute approximate surface area is 152 Å². The van der Waals surface area contributed by atoms with Crippen LogP contribution in [0.25, 0.3) is 0 Å². The second kappa shape index (κ2) is 9.08. The molecule has 0 spiro atoms. The highest BCUT2D eigenvalue weighted by atomic mass is 35.5. The molecule has 132 valence electrons. The lowest BCUT2D eigenvalue weighted by molar-refractivity contribution is 0.0955. The van der Waals surface area contributed by atoms with Crippen molar-refractivity contribution in [3.8, 4) is 11.5 Å². The molecule has 0 unspecified atom stereocenters. The van der Waals surface area contributed by atoms with Crippen LogP contribution < -0.4 is 14.9 Å². The van der Waals surface area contributed by atoms with Crippen molar-refractivity contribution in [2.45, 2.75) is 26.4 Å². The average molecular weight is 361 g/mol. The third-order valence-corrected chi connectivity index (χ3v) is 3.83. The molecule has 0 saturated carbocycles. The Morgan fingerprint density at radius 3 is 2.60 bits per heavy atom. The molecule has 0 saturated heterocycles. The summed E-state index contributed by atoms with van der Waals surface area (Å²) >= 11 is 5.80. The Morgan fingerprint density at radius 1 is 1.24 bits per heavy atom. The molecular weight excluding hydrogens is 340 g/mol. The van der Waals surface area contributed by atoms with E-state index in [1.165, 1.54) is 0 Å². The summed E-state index contributed by atoms with van der Waals surface area (Å²) in [4.78, 5) is 12.0. The van der Waals surface area contributed by atoms with Gasteiger partial charge in [0.2, 0.25) is 0 Å². The number of halogens is 1. The van der Waals surface area contributed by atoms with E-state index in [0.717, 1.165) is 12.0 Å². The van der Waals surface area contributed by atoms with Crippen LogP contribution in [0.15, 0.2) is 47.6 Å². The predicted molar refractivity (Wildman–Crippen MR) is 99.9 cm³/mol. The minimum Gasteiger partial charge on any atom is -0.493 e. The molecule has 0 aromatic heterocycles. The lowest BCUT2D eigenvalue weighted by Crippen LogP contribution is -2.17. The Bertz CT molecular complexity index is 745. The first-order valence-electron chi connectivity index (χ1n) is 7.97. The van der Waals surface area contributed by atoms with E-state index in [4.69, 9.17) is 21.1 Å². The monoisotopic (exact) mass is 360 g/mol. The summed E-state index contributed by atoms with van der Waals surface area (Å²) in [5.74, 6) is 0.990. The Balaban J connectivity index is 2.02. The van der Waals surface area contributed by atoms with Crippen LogP contribution in [0.5, 0.6) is 11.5 Å². The second-order valence-corrected chi connectivity index (χ2v) is 5.89. The maximum atomic E-state index is 12.0. The number of rotatable bonds is 7. The average Bonchev–Trinajstić information content (AvgIpc) is 2.63. The number of hydrogen-bond donors (Lipinski definition) is 1. The van der Waals surface area contributed by atoms with Crippen LogP contribution in [-0.4, -0.2) is 25.3 Å². The number of hydrazone groups is 1. The summed E-state index contributed by atoms with van der Waals surface area (Å²) in [5, 5.41) is 4.54. The summed E-state index contributed by atoms with van der Waals surface area (Å²) in [6, 6.07) is 12.1. The van der Waals surface area contributed by atoms with Gasteiger partial charge in [-0.15, -0.1) is 0 Å². The van der Waals surface area contributed by atoms with Gasteiger partial charge in [0.05, 0.1) is 19.4 Å². The lowest BCUT2D eigenvalue weighted by Gasteiger charge is -2.15. The summed E-state index contributed by atoms with van der Waals surface area (Å²) < 4.78 is 11.2. The maximum Gasteiger partial charge on any atom is 0.271 e. The van der Waals surface area contributed by atoms with E-state index in [1.54, 1.807) is 43.7 Å². The fourth-order valence-electron chi connectivity index (χ4n) is 1.99. The number of amides is 1. The maximum absolute atomic E-state index is 12.0. The van der Waals surface area contributed by atoms with E-state index in [1.807, 2.05) is 19.1 Å². The standard InChI is InChI=1S/C19H21ClN2O3/c1-4-13(2)25-17-10-5-14(11-18(17)24-3)12-21-22-19(23)15-6-8-16(20)9-7-15/h5-13H,4H2,1-3H3,(H,22,23)/b21-12-/t13-/m0/s1. The van der Waals surface area contributed by atoms with Crippen molar-refractivity contribution in [1.29, 1.82) is 0 Å². The summed E-state index contributed by atoms with van der Waals surface area (Å²) in [6.07, 6.45) is 2.55. The number of carbonyl (C=O) groups is 1. The highest BCUT2D eigenvalue weighted by molar-refractivity contribution is 6.30. The van der Waals surface area contributed by atoms with Gasteiger partial charge in [0.25, 0.3) is 5.91 Å². The molecule has 25 heavy (non-hydrogen) atoms. The van der Waals surface area contributed by atoms with Crippen molar-refractivity contribution >= 4 is 23.7 Å². The number of nitrogens with one attached hydrogen (secondary N) is 1. The van der Waals surface area contributed by atoms with Gasteiger partial charge in [-0.25, -0.2) is 5.43 Å². The summed E-state index contributed by atoms with van der Waals surface area (Å²) in [7, 11) is 1.59. The van der Waals surface area contributed by atoms with Gasteiger partial charge in [0.15, 0.2) is 11.5 Å². The molecule has 0 fully saturated rings. The van der Waals surface area contributed by atoms with E-state index in [0.29, 0.717) is 22.1 Å². The summed E-state index contributed by atoms with van der Waals surface area (Å²) in [6.45, 7) is 4.06. The van der Waals surface area contributed by atoms with E-state index >= 15 is 0 Å². The Morgan fingerprint density at radius 2 is 1.96 bits per heavy atom. The largest absolute Gasteiger partial charge is 0.493 e. The number of ether oxygens (including phenoxy) is 2. The lowest BCUT2D eigenvalue weighted by atomic mass is 10.2. The van der Waals surface area contributed by atoms with Crippen molar-refractivity contribution in [3.63, 3.8) is 0 Å². The smallest absolute Gasteiger partial charge is 0.271 e. The molecule has 5 nitrogen and oxygen atoms in total. The molecule has 2 rings (SSSR count). The quantitative estimate of drug-likeness (QED) is 0.592. The van der Waals surface area contributed by atoms with Gasteiger partial charge in [-0.05, 0) is 61.4 Å². The molecule has 1 amide bonds. The van der Waals surface area contributed by atoms with E-state index in [9.17, 15) is 4.79 Å². The molecule has 2 aromatic carbocycles. The predicted octanol–water partition coefficient (Wildman–Crippen LogP) is 4.29. The SMILES string of the molecule is CC[C@H](C)Oc1ccc(/C=N\NC(=O)c2ccc(Cl)cc2)cc1OC. The molecule has 0 bridgehead atoms. The van der Waals surface area contributed by atoms with Crippen molar-refractivity contribution in [2.24, 2.45) is 5.10 Å². The van der Waals surface area contributed by atoms with Gasteiger partial charge >= 0.3 is 0 Å². The molecule has 0 aliphatic carbocycles. The number of nitrogens with zero attached hydrogens (tertiary/aromatic N) is 1. The molecular formula is C19H21ClN2O3. The first-order valence-corrected chi connectivity index (χ1v) is 8.35. The van der Waals surface area contributed by atoms with Gasteiger partial charge in [0, 0.05) is 10.6 Å². The van der Waals surface area contributed by atoms with Crippen LogP contribution >= 0.6 is 11.6 Å². The highest BCUT2D eigenvalue weighted by Gasteiger charge is 2.08. The fourth-order valence-corrected chi connectivity index (χ4v) is 2.12. The van der Waals surface area contributed by atoms with Gasteiger partial charge < -0.3 is 9.47 Å². The second-order valence-electron chi connectivity index (χ2n) is 5.45. The normalized spacial score (nSPS) is 12.0. The molecule has 2 aromatic rings. The fraction of sp³-hybridized carbons (Fsp3) is 0.263. The van der Waals surface area contributed by atoms with Gasteiger partial charge in [-0.1, -0.05) is 18.5 Å². The van der Waals surface area contributed by atoms with Gasteiger partial charge in [-0.3, -0.25) is 4.79 Å². The number of methoxy groups -OCH3 is 1. The third-order valence-electron chi connectivity index (χ3n) is 3.58. The zero-order valence-corrected chi connectivity index (χ0v) is 15.2. The van der Waals surface area contributed by atoms with Crippen LogP contribution in [0.1, 0.15) is 36.2 Å². The van der Waals surface area contributed by atoms with E-state index < -0.39 is 0 Å². The van der Waals surface area contributed by atoms with Crippen molar-refractivity contribution < 1.29 is 14.3 Å². The van der Waals surface area contributed by atoms with Crippen LogP contribution in [0.3, 0.4) is 0 Å². The van der Waals surface area contributed by atoms with E-state index in [-0.39, 0.29) is 12.0 Å². The molecule has 6 heteroatoms. The van der Waals surface area contributed by atoms with Crippen molar-refractivity contribution in [3.05, 3.63) is 58.6 Å². The van der Waals surface area contributed by atoms with Crippen molar-refractivity contribution in [2.75, 3.05) is 7.11 Å². The van der Waals surface area contributed by atoms with Gasteiger partial charge in [-0.2, -0.15) is 5.10 Å². The Kier molecular flexibility index (Phi) is 6.83. The number of hydrogen-bond acceptors (Lipinski definition) is 4. The molecule has 1 atom stereocenters. The van der Waals surface area contributed by atoms with E-state index in [2.05, 4.69) is 17.5 Å². The van der Waals surface area contributed by atoms with Gasteiger partial charge in [0.1, 0.15) is 0 Å². The molecule has 1 N–H and O–H groups in total. The molecule has 0 aliphatic heterocycles. The third kappa shape index (κ3) is 5.50. The molecule has 0 radical (unpaired) electrons. The van der Waals surface area contributed by atoms with Crippen LogP contribution in [0.2, 0.25) is 5.02 Å². The first kappa shape index (κ1) is 18.8. The van der Waals surface area contributed by atoms with Crippen LogP contribution in [0.4, 0.5) is 0 Å². The molecule has 0 aliphatic rings. The number of carbonyl (C=O) groups excluding carboxylic acids is 1. The Hall–Kier alpha value is -2.53. The molecule has 0 heterocycles. The van der Waals surface area contributed by atoms with Crippen LogP contribution in [0, 0.1) is 0 Å². The zero-order chi connectivity index (χ0) is 18.2. The van der Waals surface area contributed by atoms with Crippen LogP contribution in [-0.2, 0) is 0 Å². The first-order chi connectivity index (χ1) is 12.0. The summed E-state index contributed by atoms with van der Waals surface area (Å²) in [5.41, 5.74) is 3.74. The highest BCUT2D eigenvalue weighted by Crippen LogP contribution is 2.28. The number of benzene rings is 2.